The monoisotopic (exact) mass is 291 g/mol. The second kappa shape index (κ2) is 5.71. The number of benzene rings is 2. The van der Waals surface area contributed by atoms with E-state index in [1.54, 1.807) is 24.3 Å². The highest BCUT2D eigenvalue weighted by Gasteiger charge is 2.21. The van der Waals surface area contributed by atoms with Crippen molar-refractivity contribution >= 4 is 23.1 Å². The zero-order chi connectivity index (χ0) is 14.7. The van der Waals surface area contributed by atoms with Gasteiger partial charge in [-0.25, -0.2) is 0 Å². The SMILES string of the molecule is COc1cccc(C(=O)c2cccc([N+](=O)[O-])c2Cl)c1. The molecule has 0 radical (unpaired) electrons. The minimum Gasteiger partial charge on any atom is -0.497 e. The first-order valence-electron chi connectivity index (χ1n) is 5.66. The molecule has 0 atom stereocenters. The van der Waals surface area contributed by atoms with Crippen molar-refractivity contribution in [2.75, 3.05) is 7.11 Å². The molecule has 0 N–H and O–H groups in total. The molecule has 5 nitrogen and oxygen atoms in total. The van der Waals surface area contributed by atoms with Crippen molar-refractivity contribution in [3.05, 3.63) is 68.7 Å². The number of hydrogen-bond acceptors (Lipinski definition) is 4. The fourth-order valence-electron chi connectivity index (χ4n) is 1.76. The van der Waals surface area contributed by atoms with Gasteiger partial charge in [-0.3, -0.25) is 14.9 Å². The first kappa shape index (κ1) is 14.0. The third kappa shape index (κ3) is 2.62. The molecule has 0 heterocycles. The summed E-state index contributed by atoms with van der Waals surface area (Å²) >= 11 is 5.93. The van der Waals surface area contributed by atoms with E-state index in [0.717, 1.165) is 0 Å². The van der Waals surface area contributed by atoms with Crippen molar-refractivity contribution < 1.29 is 14.5 Å². The molecule has 0 aromatic heterocycles. The Labute approximate surface area is 119 Å². The second-order valence-corrected chi connectivity index (χ2v) is 4.33. The van der Waals surface area contributed by atoms with Crippen molar-refractivity contribution in [2.45, 2.75) is 0 Å². The molecule has 0 spiro atoms. The van der Waals surface area contributed by atoms with Crippen LogP contribution in [0.5, 0.6) is 5.75 Å². The molecule has 0 saturated carbocycles. The highest BCUT2D eigenvalue weighted by Crippen LogP contribution is 2.29. The van der Waals surface area contributed by atoms with Gasteiger partial charge in [0.1, 0.15) is 10.8 Å². The van der Waals surface area contributed by atoms with E-state index >= 15 is 0 Å². The van der Waals surface area contributed by atoms with E-state index in [-0.39, 0.29) is 16.3 Å². The highest BCUT2D eigenvalue weighted by molar-refractivity contribution is 6.36. The van der Waals surface area contributed by atoms with Crippen LogP contribution in [0.4, 0.5) is 5.69 Å². The maximum absolute atomic E-state index is 12.3. The van der Waals surface area contributed by atoms with E-state index in [9.17, 15) is 14.9 Å². The van der Waals surface area contributed by atoms with Crippen LogP contribution in [0.25, 0.3) is 0 Å². The third-order valence-corrected chi connectivity index (χ3v) is 3.15. The summed E-state index contributed by atoms with van der Waals surface area (Å²) in [5.74, 6) is 0.134. The van der Waals surface area contributed by atoms with Gasteiger partial charge in [-0.05, 0) is 18.2 Å². The Kier molecular flexibility index (Phi) is 4.00. The molecule has 0 fully saturated rings. The van der Waals surface area contributed by atoms with E-state index in [2.05, 4.69) is 0 Å². The Morgan fingerprint density at radius 1 is 1.25 bits per heavy atom. The van der Waals surface area contributed by atoms with E-state index in [1.807, 2.05) is 0 Å². The first-order chi connectivity index (χ1) is 9.54. The third-order valence-electron chi connectivity index (χ3n) is 2.75. The summed E-state index contributed by atoms with van der Waals surface area (Å²) in [4.78, 5) is 22.6. The predicted octanol–water partition coefficient (Wildman–Crippen LogP) is 3.49. The number of halogens is 1. The largest absolute Gasteiger partial charge is 0.497 e. The minimum absolute atomic E-state index is 0.0918. The molecule has 2 aromatic rings. The van der Waals surface area contributed by atoms with Crippen molar-refractivity contribution in [1.82, 2.24) is 0 Å². The number of carbonyl (C=O) groups excluding carboxylic acids is 1. The van der Waals surface area contributed by atoms with Crippen molar-refractivity contribution in [3.63, 3.8) is 0 Å². The quantitative estimate of drug-likeness (QED) is 0.491. The molecule has 2 aromatic carbocycles. The summed E-state index contributed by atoms with van der Waals surface area (Å²) < 4.78 is 5.04. The lowest BCUT2D eigenvalue weighted by atomic mass is 10.0. The molecule has 0 amide bonds. The summed E-state index contributed by atoms with van der Waals surface area (Å²) in [6.07, 6.45) is 0. The van der Waals surface area contributed by atoms with Gasteiger partial charge in [0.2, 0.25) is 0 Å². The summed E-state index contributed by atoms with van der Waals surface area (Å²) in [7, 11) is 1.49. The number of nitro groups is 1. The lowest BCUT2D eigenvalue weighted by Crippen LogP contribution is -2.04. The van der Waals surface area contributed by atoms with Crippen LogP contribution in [0.3, 0.4) is 0 Å². The standard InChI is InChI=1S/C14H10ClNO4/c1-20-10-5-2-4-9(8-10)14(17)11-6-3-7-12(13(11)15)16(18)19/h2-8H,1H3. The van der Waals surface area contributed by atoms with E-state index < -0.39 is 10.7 Å². The second-order valence-electron chi connectivity index (χ2n) is 3.96. The lowest BCUT2D eigenvalue weighted by Gasteiger charge is -2.06. The predicted molar refractivity (Wildman–Crippen MR) is 74.5 cm³/mol. The summed E-state index contributed by atoms with van der Waals surface area (Å²) in [5, 5.41) is 10.7. The fourth-order valence-corrected chi connectivity index (χ4v) is 2.04. The van der Waals surface area contributed by atoms with Gasteiger partial charge in [0.15, 0.2) is 5.78 Å². The van der Waals surface area contributed by atoms with Gasteiger partial charge < -0.3 is 4.74 Å². The number of hydrogen-bond donors (Lipinski definition) is 0. The van der Waals surface area contributed by atoms with Gasteiger partial charge >= 0.3 is 0 Å². The van der Waals surface area contributed by atoms with Crippen molar-refractivity contribution in [1.29, 1.82) is 0 Å². The van der Waals surface area contributed by atoms with Gasteiger partial charge in [-0.2, -0.15) is 0 Å². The molecule has 0 unspecified atom stereocenters. The molecule has 0 aliphatic carbocycles. The molecular weight excluding hydrogens is 282 g/mol. The summed E-state index contributed by atoms with van der Waals surface area (Å²) in [5.41, 5.74) is 0.154. The Morgan fingerprint density at radius 3 is 2.60 bits per heavy atom. The van der Waals surface area contributed by atoms with Crippen molar-refractivity contribution in [3.8, 4) is 5.75 Å². The van der Waals surface area contributed by atoms with Crippen LogP contribution in [-0.2, 0) is 0 Å². The fraction of sp³-hybridized carbons (Fsp3) is 0.0714. The number of methoxy groups -OCH3 is 1. The number of ether oxygens (including phenoxy) is 1. The number of carbonyl (C=O) groups is 1. The van der Waals surface area contributed by atoms with Gasteiger partial charge in [0, 0.05) is 17.2 Å². The van der Waals surface area contributed by atoms with Crippen LogP contribution < -0.4 is 4.74 Å². The Bertz CT molecular complexity index is 685. The normalized spacial score (nSPS) is 10.1. The Hall–Kier alpha value is -2.40. The highest BCUT2D eigenvalue weighted by atomic mass is 35.5. The maximum Gasteiger partial charge on any atom is 0.288 e. The average molecular weight is 292 g/mol. The van der Waals surface area contributed by atoms with Gasteiger partial charge in [0.05, 0.1) is 12.0 Å². The topological polar surface area (TPSA) is 69.4 Å². The first-order valence-corrected chi connectivity index (χ1v) is 6.04. The number of nitro benzene ring substituents is 1. The zero-order valence-electron chi connectivity index (χ0n) is 10.5. The lowest BCUT2D eigenvalue weighted by molar-refractivity contribution is -0.384. The molecule has 20 heavy (non-hydrogen) atoms. The number of rotatable bonds is 4. The van der Waals surface area contributed by atoms with Gasteiger partial charge in [-0.1, -0.05) is 29.8 Å². The van der Waals surface area contributed by atoms with Crippen LogP contribution in [0.15, 0.2) is 42.5 Å². The van der Waals surface area contributed by atoms with Gasteiger partial charge in [-0.15, -0.1) is 0 Å². The smallest absolute Gasteiger partial charge is 0.288 e. The number of ketones is 1. The van der Waals surface area contributed by atoms with E-state index in [4.69, 9.17) is 16.3 Å². The summed E-state index contributed by atoms with van der Waals surface area (Å²) in [6.45, 7) is 0. The molecule has 0 aliphatic heterocycles. The van der Waals surface area contributed by atoms with E-state index in [0.29, 0.717) is 11.3 Å². The molecule has 6 heteroatoms. The minimum atomic E-state index is -0.620. The molecule has 0 saturated heterocycles. The van der Waals surface area contributed by atoms with Crippen molar-refractivity contribution in [2.24, 2.45) is 0 Å². The van der Waals surface area contributed by atoms with E-state index in [1.165, 1.54) is 25.3 Å². The zero-order valence-corrected chi connectivity index (χ0v) is 11.3. The van der Waals surface area contributed by atoms with Crippen LogP contribution in [0.1, 0.15) is 15.9 Å². The van der Waals surface area contributed by atoms with Crippen LogP contribution in [0.2, 0.25) is 5.02 Å². The van der Waals surface area contributed by atoms with Crippen LogP contribution in [0, 0.1) is 10.1 Å². The molecule has 0 aliphatic rings. The maximum atomic E-state index is 12.3. The Balaban J connectivity index is 2.48. The number of nitrogens with zero attached hydrogens (tertiary/aromatic N) is 1. The van der Waals surface area contributed by atoms with Crippen LogP contribution >= 0.6 is 11.6 Å². The molecule has 102 valence electrons. The summed E-state index contributed by atoms with van der Waals surface area (Å²) in [6, 6.07) is 10.7. The molecular formula is C14H10ClNO4. The van der Waals surface area contributed by atoms with Crippen LogP contribution in [-0.4, -0.2) is 17.8 Å². The molecule has 2 rings (SSSR count). The average Bonchev–Trinajstić information content (AvgIpc) is 2.46. The molecule has 0 bridgehead atoms. The van der Waals surface area contributed by atoms with Gasteiger partial charge in [0.25, 0.3) is 5.69 Å². The Morgan fingerprint density at radius 2 is 1.95 bits per heavy atom.